The van der Waals surface area contributed by atoms with Crippen LogP contribution in [0.1, 0.15) is 20.8 Å². The van der Waals surface area contributed by atoms with Gasteiger partial charge in [0.15, 0.2) is 0 Å². The van der Waals surface area contributed by atoms with Crippen molar-refractivity contribution in [2.24, 2.45) is 0 Å². The maximum Gasteiger partial charge on any atom is 0.349 e. The number of benzene rings is 1. The van der Waals surface area contributed by atoms with Crippen LogP contribution in [0.5, 0.6) is 0 Å². The summed E-state index contributed by atoms with van der Waals surface area (Å²) in [6.45, 7) is 1.92. The fraction of sp³-hybridized carbons (Fsp3) is 0.100. The number of rotatable bonds is 4. The van der Waals surface area contributed by atoms with E-state index in [0.717, 1.165) is 11.1 Å². The number of aryl methyl sites for hydroxylation is 1. The molecule has 134 valence electrons. The summed E-state index contributed by atoms with van der Waals surface area (Å²) in [5.74, 6) is -0.00966. The number of H-pyrrole nitrogens is 1. The first kappa shape index (κ1) is 17.1. The van der Waals surface area contributed by atoms with Gasteiger partial charge in [-0.05, 0) is 30.2 Å². The van der Waals surface area contributed by atoms with Crippen LogP contribution in [0.3, 0.4) is 0 Å². The van der Waals surface area contributed by atoms with Crippen LogP contribution >= 0.6 is 11.3 Å². The molecule has 3 heterocycles. The van der Waals surface area contributed by atoms with Crippen LogP contribution in [0.2, 0.25) is 0 Å². The normalized spacial score (nSPS) is 10.9. The predicted octanol–water partition coefficient (Wildman–Crippen LogP) is 3.71. The minimum atomic E-state index is -0.454. The van der Waals surface area contributed by atoms with Crippen molar-refractivity contribution in [1.29, 1.82) is 0 Å². The molecule has 0 aliphatic rings. The molecule has 0 fully saturated rings. The molecule has 0 saturated carbocycles. The molecule has 7 heteroatoms. The van der Waals surface area contributed by atoms with Crippen molar-refractivity contribution in [3.8, 4) is 11.4 Å². The van der Waals surface area contributed by atoms with Crippen LogP contribution in [0, 0.1) is 6.92 Å². The molecule has 1 N–H and O–H groups in total. The number of nitrogens with one attached hydrogen (secondary N) is 1. The molecule has 0 aliphatic heterocycles. The van der Waals surface area contributed by atoms with E-state index in [-0.39, 0.29) is 12.2 Å². The van der Waals surface area contributed by atoms with Gasteiger partial charge in [-0.15, -0.1) is 11.3 Å². The first-order valence-corrected chi connectivity index (χ1v) is 9.10. The monoisotopic (exact) mass is 377 g/mol. The minimum Gasteiger partial charge on any atom is -0.457 e. The number of hydrogen-bond acceptors (Lipinski definition) is 6. The number of esters is 1. The van der Waals surface area contributed by atoms with E-state index >= 15 is 0 Å². The molecule has 0 amide bonds. The largest absolute Gasteiger partial charge is 0.457 e. The summed E-state index contributed by atoms with van der Waals surface area (Å²) >= 11 is 1.17. The molecule has 4 rings (SSSR count). The first-order chi connectivity index (χ1) is 13.1. The van der Waals surface area contributed by atoms with Crippen molar-refractivity contribution in [3.63, 3.8) is 0 Å². The number of aromatic nitrogens is 3. The zero-order valence-corrected chi connectivity index (χ0v) is 15.2. The second kappa shape index (κ2) is 7.13. The number of hydrogen-bond donors (Lipinski definition) is 1. The van der Waals surface area contributed by atoms with Crippen LogP contribution in [-0.2, 0) is 11.3 Å². The molecule has 0 spiro atoms. The van der Waals surface area contributed by atoms with Gasteiger partial charge in [-0.3, -0.25) is 9.78 Å². The first-order valence-electron chi connectivity index (χ1n) is 8.28. The zero-order chi connectivity index (χ0) is 18.8. The molecule has 1 aromatic carbocycles. The predicted molar refractivity (Wildman–Crippen MR) is 104 cm³/mol. The van der Waals surface area contributed by atoms with Gasteiger partial charge in [0.2, 0.25) is 0 Å². The third kappa shape index (κ3) is 3.37. The second-order valence-electron chi connectivity index (χ2n) is 5.95. The average molecular weight is 377 g/mol. The Balaban J connectivity index is 1.68. The number of fused-ring (bicyclic) bond motifs is 1. The van der Waals surface area contributed by atoms with E-state index in [4.69, 9.17) is 4.74 Å². The summed E-state index contributed by atoms with van der Waals surface area (Å²) in [6.07, 6.45) is 3.26. The number of nitrogens with zero attached hydrogens (tertiary/aromatic N) is 2. The van der Waals surface area contributed by atoms with E-state index in [2.05, 4.69) is 15.0 Å². The Hall–Kier alpha value is -3.32. The minimum absolute atomic E-state index is 0.180. The fourth-order valence-corrected chi connectivity index (χ4v) is 3.85. The lowest BCUT2D eigenvalue weighted by Gasteiger charge is -2.03. The van der Waals surface area contributed by atoms with Crippen LogP contribution in [0.25, 0.3) is 21.6 Å². The van der Waals surface area contributed by atoms with Gasteiger partial charge < -0.3 is 9.72 Å². The lowest BCUT2D eigenvalue weighted by molar-refractivity contribution is 0.0478. The van der Waals surface area contributed by atoms with Gasteiger partial charge in [0, 0.05) is 18.0 Å². The van der Waals surface area contributed by atoms with E-state index in [0.29, 0.717) is 26.5 Å². The molecule has 0 atom stereocenters. The average Bonchev–Trinajstić information content (AvgIpc) is 3.04. The molecule has 4 aromatic rings. The Bertz CT molecular complexity index is 1170. The van der Waals surface area contributed by atoms with E-state index in [1.54, 1.807) is 31.5 Å². The van der Waals surface area contributed by atoms with E-state index in [1.165, 1.54) is 11.3 Å². The Labute approximate surface area is 158 Å². The number of aromatic amines is 1. The highest BCUT2D eigenvalue weighted by Gasteiger charge is 2.20. The summed E-state index contributed by atoms with van der Waals surface area (Å²) in [5, 5.41) is 0.421. The van der Waals surface area contributed by atoms with Crippen LogP contribution in [0.4, 0.5) is 0 Å². The van der Waals surface area contributed by atoms with E-state index in [1.807, 2.05) is 30.3 Å². The van der Waals surface area contributed by atoms with Gasteiger partial charge in [-0.1, -0.05) is 30.3 Å². The van der Waals surface area contributed by atoms with Crippen molar-refractivity contribution in [2.45, 2.75) is 13.5 Å². The van der Waals surface area contributed by atoms with Gasteiger partial charge in [-0.25, -0.2) is 9.78 Å². The molecule has 6 nitrogen and oxygen atoms in total. The number of carbonyl (C=O) groups is 1. The van der Waals surface area contributed by atoms with Gasteiger partial charge in [0.05, 0.1) is 5.39 Å². The third-order valence-corrected chi connectivity index (χ3v) is 5.32. The highest BCUT2D eigenvalue weighted by Crippen LogP contribution is 2.29. The second-order valence-corrected chi connectivity index (χ2v) is 6.95. The number of pyridine rings is 1. The summed E-state index contributed by atoms with van der Waals surface area (Å²) < 4.78 is 5.40. The van der Waals surface area contributed by atoms with Crippen LogP contribution in [-0.4, -0.2) is 20.9 Å². The Morgan fingerprint density at radius 1 is 1.15 bits per heavy atom. The lowest BCUT2D eigenvalue weighted by Crippen LogP contribution is -2.10. The smallest absolute Gasteiger partial charge is 0.349 e. The van der Waals surface area contributed by atoms with Gasteiger partial charge in [-0.2, -0.15) is 0 Å². The van der Waals surface area contributed by atoms with Gasteiger partial charge in [0.25, 0.3) is 5.56 Å². The highest BCUT2D eigenvalue weighted by atomic mass is 32.1. The maximum absolute atomic E-state index is 12.6. The fourth-order valence-electron chi connectivity index (χ4n) is 2.77. The number of ether oxygens (including phenoxy) is 1. The Morgan fingerprint density at radius 3 is 2.63 bits per heavy atom. The molecule has 27 heavy (non-hydrogen) atoms. The molecule has 0 aliphatic carbocycles. The highest BCUT2D eigenvalue weighted by molar-refractivity contribution is 7.20. The van der Waals surface area contributed by atoms with Crippen LogP contribution in [0.15, 0.2) is 59.7 Å². The quantitative estimate of drug-likeness (QED) is 0.548. The third-order valence-electron chi connectivity index (χ3n) is 4.15. The van der Waals surface area contributed by atoms with Crippen molar-refractivity contribution in [2.75, 3.05) is 0 Å². The molecular weight excluding hydrogens is 362 g/mol. The summed E-state index contributed by atoms with van der Waals surface area (Å²) in [6, 6.07) is 13.0. The Morgan fingerprint density at radius 2 is 1.89 bits per heavy atom. The van der Waals surface area contributed by atoms with Crippen molar-refractivity contribution < 1.29 is 9.53 Å². The summed E-state index contributed by atoms with van der Waals surface area (Å²) in [4.78, 5) is 37.2. The Kier molecular flexibility index (Phi) is 4.52. The van der Waals surface area contributed by atoms with E-state index < -0.39 is 5.97 Å². The summed E-state index contributed by atoms with van der Waals surface area (Å²) in [7, 11) is 0. The van der Waals surface area contributed by atoms with Crippen LogP contribution < -0.4 is 5.56 Å². The van der Waals surface area contributed by atoms with E-state index in [9.17, 15) is 9.59 Å². The topological polar surface area (TPSA) is 84.9 Å². The molecule has 0 unspecified atom stereocenters. The standard InChI is InChI=1S/C20H15N3O3S/c1-12-15-18(24)22-17(14-7-9-21-10-8-14)23-19(15)27-16(12)20(25)26-11-13-5-3-2-4-6-13/h2-10H,11H2,1H3,(H,22,23,24). The molecule has 3 aromatic heterocycles. The summed E-state index contributed by atoms with van der Waals surface area (Å²) in [5.41, 5.74) is 1.97. The van der Waals surface area contributed by atoms with Crippen molar-refractivity contribution in [1.82, 2.24) is 15.0 Å². The zero-order valence-electron chi connectivity index (χ0n) is 14.4. The SMILES string of the molecule is Cc1c(C(=O)OCc2ccccc2)sc2nc(-c3ccncc3)[nH]c(=O)c12. The number of thiophene rings is 1. The molecule has 0 radical (unpaired) electrons. The number of carbonyl (C=O) groups excluding carboxylic acids is 1. The molecule has 0 bridgehead atoms. The van der Waals surface area contributed by atoms with Gasteiger partial charge >= 0.3 is 5.97 Å². The van der Waals surface area contributed by atoms with Crippen molar-refractivity contribution in [3.05, 3.63) is 81.2 Å². The van der Waals surface area contributed by atoms with Crippen molar-refractivity contribution >= 4 is 27.5 Å². The molecule has 0 saturated heterocycles. The lowest BCUT2D eigenvalue weighted by atomic mass is 10.2. The van der Waals surface area contributed by atoms with Gasteiger partial charge in [0.1, 0.15) is 22.1 Å². The maximum atomic E-state index is 12.6. The molecular formula is C20H15N3O3S.